The zero-order valence-corrected chi connectivity index (χ0v) is 16.1. The van der Waals surface area contributed by atoms with Crippen LogP contribution < -0.4 is 15.4 Å². The second kappa shape index (κ2) is 8.93. The summed E-state index contributed by atoms with van der Waals surface area (Å²) >= 11 is 1.31. The van der Waals surface area contributed by atoms with E-state index in [9.17, 15) is 19.7 Å². The van der Waals surface area contributed by atoms with E-state index in [4.69, 9.17) is 4.74 Å². The van der Waals surface area contributed by atoms with Crippen molar-refractivity contribution in [1.29, 1.82) is 0 Å². The van der Waals surface area contributed by atoms with E-state index < -0.39 is 10.8 Å². The largest absolute Gasteiger partial charge is 0.487 e. The molecule has 10 heteroatoms. The highest BCUT2D eigenvalue weighted by molar-refractivity contribution is 7.13. The van der Waals surface area contributed by atoms with Crippen molar-refractivity contribution in [3.8, 4) is 5.75 Å². The molecule has 0 unspecified atom stereocenters. The number of nitro benzene ring substituents is 1. The molecule has 0 fully saturated rings. The van der Waals surface area contributed by atoms with Crippen LogP contribution in [0.15, 0.2) is 54.0 Å². The molecule has 3 aromatic rings. The van der Waals surface area contributed by atoms with Crippen molar-refractivity contribution in [2.45, 2.75) is 6.92 Å². The molecule has 0 bridgehead atoms. The monoisotopic (exact) mass is 412 g/mol. The van der Waals surface area contributed by atoms with Gasteiger partial charge in [0.1, 0.15) is 0 Å². The summed E-state index contributed by atoms with van der Waals surface area (Å²) in [5.41, 5.74) is 0.673. The van der Waals surface area contributed by atoms with E-state index in [1.54, 1.807) is 42.8 Å². The first-order valence-electron chi connectivity index (χ1n) is 8.51. The van der Waals surface area contributed by atoms with Gasteiger partial charge in [-0.15, -0.1) is 11.3 Å². The smallest absolute Gasteiger partial charge is 0.311 e. The van der Waals surface area contributed by atoms with Gasteiger partial charge in [-0.25, -0.2) is 4.98 Å². The van der Waals surface area contributed by atoms with Crippen molar-refractivity contribution in [3.63, 3.8) is 0 Å². The highest BCUT2D eigenvalue weighted by Crippen LogP contribution is 2.28. The maximum absolute atomic E-state index is 12.4. The van der Waals surface area contributed by atoms with Crippen LogP contribution in [0.2, 0.25) is 0 Å². The number of rotatable bonds is 7. The number of hydrogen-bond donors (Lipinski definition) is 2. The molecular formula is C19H16N4O5S. The Balaban J connectivity index is 1.70. The molecule has 2 amide bonds. The van der Waals surface area contributed by atoms with Crippen LogP contribution >= 0.6 is 11.3 Å². The fourth-order valence-corrected chi connectivity index (χ4v) is 2.97. The Morgan fingerprint density at radius 3 is 2.41 bits per heavy atom. The maximum atomic E-state index is 12.4. The van der Waals surface area contributed by atoms with Gasteiger partial charge in [-0.1, -0.05) is 0 Å². The van der Waals surface area contributed by atoms with Crippen LogP contribution in [0.5, 0.6) is 5.75 Å². The molecule has 1 heterocycles. The van der Waals surface area contributed by atoms with Crippen LogP contribution in [0.1, 0.15) is 27.6 Å². The van der Waals surface area contributed by atoms with Gasteiger partial charge in [-0.05, 0) is 43.3 Å². The minimum Gasteiger partial charge on any atom is -0.487 e. The Morgan fingerprint density at radius 1 is 1.10 bits per heavy atom. The van der Waals surface area contributed by atoms with E-state index in [0.29, 0.717) is 16.4 Å². The summed E-state index contributed by atoms with van der Waals surface area (Å²) in [4.78, 5) is 39.2. The summed E-state index contributed by atoms with van der Waals surface area (Å²) in [6, 6.07) is 10.2. The molecule has 0 radical (unpaired) electrons. The summed E-state index contributed by atoms with van der Waals surface area (Å²) in [6.07, 6.45) is 1.59. The van der Waals surface area contributed by atoms with Gasteiger partial charge in [0.15, 0.2) is 10.9 Å². The second-order valence-electron chi connectivity index (χ2n) is 5.70. The fraction of sp³-hybridized carbons (Fsp3) is 0.105. The molecule has 0 saturated carbocycles. The number of hydrogen-bond acceptors (Lipinski definition) is 7. The molecule has 0 aliphatic rings. The normalized spacial score (nSPS) is 10.2. The van der Waals surface area contributed by atoms with Crippen molar-refractivity contribution in [2.75, 3.05) is 17.2 Å². The van der Waals surface area contributed by atoms with E-state index >= 15 is 0 Å². The molecule has 9 nitrogen and oxygen atoms in total. The first-order valence-corrected chi connectivity index (χ1v) is 9.39. The van der Waals surface area contributed by atoms with Crippen molar-refractivity contribution in [2.24, 2.45) is 0 Å². The number of benzene rings is 2. The van der Waals surface area contributed by atoms with Crippen LogP contribution in [0.3, 0.4) is 0 Å². The maximum Gasteiger partial charge on any atom is 0.311 e. The van der Waals surface area contributed by atoms with E-state index in [2.05, 4.69) is 15.6 Å². The molecule has 2 N–H and O–H groups in total. The number of nitrogens with zero attached hydrogens (tertiary/aromatic N) is 2. The van der Waals surface area contributed by atoms with Crippen molar-refractivity contribution in [1.82, 2.24) is 4.98 Å². The molecule has 29 heavy (non-hydrogen) atoms. The fourth-order valence-electron chi connectivity index (χ4n) is 2.44. The lowest BCUT2D eigenvalue weighted by atomic mass is 10.1. The quantitative estimate of drug-likeness (QED) is 0.447. The van der Waals surface area contributed by atoms with Gasteiger partial charge >= 0.3 is 5.69 Å². The standard InChI is InChI=1S/C19H16N4O5S/c1-2-28-16-8-5-13(11-15(16)23(26)27)18(25)21-14-6-3-12(4-7-14)17(24)22-19-20-9-10-29-19/h3-11H,2H2,1H3,(H,21,25)(H,20,22,24). The summed E-state index contributed by atoms with van der Waals surface area (Å²) < 4.78 is 5.21. The van der Waals surface area contributed by atoms with Crippen molar-refractivity contribution < 1.29 is 19.2 Å². The minimum absolute atomic E-state index is 0.102. The molecule has 0 atom stereocenters. The number of anilines is 2. The van der Waals surface area contributed by atoms with Crippen molar-refractivity contribution in [3.05, 3.63) is 75.3 Å². The van der Waals surface area contributed by atoms with Crippen LogP contribution in [-0.4, -0.2) is 28.3 Å². The Kier molecular flexibility index (Phi) is 6.15. The molecule has 2 aromatic carbocycles. The Labute approximate surface area is 169 Å². The van der Waals surface area contributed by atoms with Gasteiger partial charge in [0.25, 0.3) is 11.8 Å². The van der Waals surface area contributed by atoms with E-state index in [0.717, 1.165) is 6.07 Å². The highest BCUT2D eigenvalue weighted by Gasteiger charge is 2.19. The second-order valence-corrected chi connectivity index (χ2v) is 6.59. The highest BCUT2D eigenvalue weighted by atomic mass is 32.1. The van der Waals surface area contributed by atoms with Gasteiger partial charge in [0.05, 0.1) is 11.5 Å². The molecule has 0 spiro atoms. The third kappa shape index (κ3) is 4.93. The lowest BCUT2D eigenvalue weighted by molar-refractivity contribution is -0.385. The number of nitrogens with one attached hydrogen (secondary N) is 2. The zero-order valence-electron chi connectivity index (χ0n) is 15.2. The lowest BCUT2D eigenvalue weighted by Crippen LogP contribution is -2.14. The van der Waals surface area contributed by atoms with Gasteiger partial charge in [-0.2, -0.15) is 0 Å². The Hall–Kier alpha value is -3.79. The molecule has 3 rings (SSSR count). The van der Waals surface area contributed by atoms with Crippen molar-refractivity contribution >= 4 is 39.7 Å². The number of thiazole rings is 1. The Morgan fingerprint density at radius 2 is 1.79 bits per heavy atom. The number of ether oxygens (including phenoxy) is 1. The van der Waals surface area contributed by atoms with E-state index in [-0.39, 0.29) is 29.5 Å². The zero-order chi connectivity index (χ0) is 20.8. The van der Waals surface area contributed by atoms with E-state index in [1.807, 2.05) is 0 Å². The van der Waals surface area contributed by atoms with Gasteiger partial charge in [0.2, 0.25) is 0 Å². The number of carbonyl (C=O) groups excluding carboxylic acids is 2. The summed E-state index contributed by atoms with van der Waals surface area (Å²) in [7, 11) is 0. The van der Waals surface area contributed by atoms with Gasteiger partial charge in [-0.3, -0.25) is 25.0 Å². The summed E-state index contributed by atoms with van der Waals surface area (Å²) in [5, 5.41) is 18.7. The average Bonchev–Trinajstić information content (AvgIpc) is 3.21. The molecule has 148 valence electrons. The number of amides is 2. The van der Waals surface area contributed by atoms with Gasteiger partial charge < -0.3 is 10.1 Å². The number of aromatic nitrogens is 1. The molecule has 0 aliphatic heterocycles. The third-order valence-electron chi connectivity index (χ3n) is 3.78. The van der Waals surface area contributed by atoms with Crippen LogP contribution in [0.25, 0.3) is 0 Å². The lowest BCUT2D eigenvalue weighted by Gasteiger charge is -2.08. The summed E-state index contributed by atoms with van der Waals surface area (Å²) in [6.45, 7) is 1.99. The summed E-state index contributed by atoms with van der Waals surface area (Å²) in [5.74, 6) is -0.735. The first-order chi connectivity index (χ1) is 14.0. The minimum atomic E-state index is -0.600. The number of carbonyl (C=O) groups is 2. The first kappa shape index (κ1) is 20.0. The molecule has 1 aromatic heterocycles. The Bertz CT molecular complexity index is 1040. The number of nitro groups is 1. The molecular weight excluding hydrogens is 396 g/mol. The predicted molar refractivity (Wildman–Crippen MR) is 109 cm³/mol. The van der Waals surface area contributed by atoms with Crippen LogP contribution in [0.4, 0.5) is 16.5 Å². The topological polar surface area (TPSA) is 123 Å². The molecule has 0 saturated heterocycles. The average molecular weight is 412 g/mol. The SMILES string of the molecule is CCOc1ccc(C(=O)Nc2ccc(C(=O)Nc3nccs3)cc2)cc1[N+](=O)[O-]. The third-order valence-corrected chi connectivity index (χ3v) is 4.46. The van der Waals surface area contributed by atoms with Crippen LogP contribution in [0, 0.1) is 10.1 Å². The van der Waals surface area contributed by atoms with E-state index in [1.165, 1.54) is 23.5 Å². The predicted octanol–water partition coefficient (Wildman–Crippen LogP) is 3.95. The van der Waals surface area contributed by atoms with Gasteiger partial charge in [0, 0.05) is 34.5 Å². The van der Waals surface area contributed by atoms with Crippen LogP contribution in [-0.2, 0) is 0 Å². The molecule has 0 aliphatic carbocycles.